The van der Waals surface area contributed by atoms with E-state index in [0.717, 1.165) is 0 Å². The SMILES string of the molecule is COC(=O)c1cc(C#N)ccc1-c1ncccn1. The molecule has 0 radical (unpaired) electrons. The van der Waals surface area contributed by atoms with E-state index in [1.807, 2.05) is 6.07 Å². The van der Waals surface area contributed by atoms with E-state index in [4.69, 9.17) is 10.00 Å². The smallest absolute Gasteiger partial charge is 0.338 e. The van der Waals surface area contributed by atoms with Crippen LogP contribution >= 0.6 is 0 Å². The van der Waals surface area contributed by atoms with Gasteiger partial charge in [0.2, 0.25) is 0 Å². The van der Waals surface area contributed by atoms with Crippen LogP contribution in [0.4, 0.5) is 0 Å². The molecule has 0 fully saturated rings. The molecule has 5 heteroatoms. The molecule has 0 bridgehead atoms. The van der Waals surface area contributed by atoms with Crippen LogP contribution in [0.2, 0.25) is 0 Å². The van der Waals surface area contributed by atoms with Crippen molar-refractivity contribution in [3.63, 3.8) is 0 Å². The first-order chi connectivity index (χ1) is 8.76. The van der Waals surface area contributed by atoms with Crippen LogP contribution < -0.4 is 0 Å². The maximum absolute atomic E-state index is 11.7. The zero-order valence-corrected chi connectivity index (χ0v) is 9.62. The van der Waals surface area contributed by atoms with Gasteiger partial charge in [0.05, 0.1) is 24.3 Å². The Bertz CT molecular complexity index is 618. The quantitative estimate of drug-likeness (QED) is 0.747. The lowest BCUT2D eigenvalue weighted by molar-refractivity contribution is 0.0601. The van der Waals surface area contributed by atoms with Gasteiger partial charge in [0.1, 0.15) is 0 Å². The standard InChI is InChI=1S/C13H9N3O2/c1-18-13(17)11-7-9(8-14)3-4-10(11)12-15-5-2-6-16-12/h2-7H,1H3. The van der Waals surface area contributed by atoms with E-state index >= 15 is 0 Å². The Kier molecular flexibility index (Phi) is 3.30. The third kappa shape index (κ3) is 2.18. The van der Waals surface area contributed by atoms with Crippen molar-refractivity contribution in [1.29, 1.82) is 5.26 Å². The Morgan fingerprint density at radius 3 is 2.67 bits per heavy atom. The molecule has 1 aromatic heterocycles. The van der Waals surface area contributed by atoms with Crippen molar-refractivity contribution in [3.8, 4) is 17.5 Å². The van der Waals surface area contributed by atoms with Crippen molar-refractivity contribution in [2.75, 3.05) is 7.11 Å². The minimum atomic E-state index is -0.519. The number of methoxy groups -OCH3 is 1. The summed E-state index contributed by atoms with van der Waals surface area (Å²) in [5.74, 6) is -0.100. The Labute approximate surface area is 104 Å². The number of esters is 1. The van der Waals surface area contributed by atoms with E-state index in [1.165, 1.54) is 13.2 Å². The van der Waals surface area contributed by atoms with E-state index in [-0.39, 0.29) is 5.56 Å². The molecule has 0 aliphatic rings. The minimum Gasteiger partial charge on any atom is -0.465 e. The fourth-order valence-electron chi connectivity index (χ4n) is 1.53. The van der Waals surface area contributed by atoms with E-state index < -0.39 is 5.97 Å². The van der Waals surface area contributed by atoms with E-state index in [9.17, 15) is 4.79 Å². The van der Waals surface area contributed by atoms with Crippen molar-refractivity contribution in [2.45, 2.75) is 0 Å². The van der Waals surface area contributed by atoms with Crippen LogP contribution in [0.5, 0.6) is 0 Å². The normalized spacial score (nSPS) is 9.56. The molecule has 0 unspecified atom stereocenters. The number of carbonyl (C=O) groups excluding carboxylic acids is 1. The van der Waals surface area contributed by atoms with Gasteiger partial charge < -0.3 is 4.74 Å². The van der Waals surface area contributed by atoms with Gasteiger partial charge in [-0.3, -0.25) is 0 Å². The van der Waals surface area contributed by atoms with Crippen LogP contribution in [0.1, 0.15) is 15.9 Å². The van der Waals surface area contributed by atoms with Gasteiger partial charge in [-0.25, -0.2) is 14.8 Å². The molecule has 0 N–H and O–H groups in total. The van der Waals surface area contributed by atoms with Crippen LogP contribution in [0.15, 0.2) is 36.7 Å². The molecular formula is C13H9N3O2. The highest BCUT2D eigenvalue weighted by molar-refractivity contribution is 5.96. The zero-order chi connectivity index (χ0) is 13.0. The van der Waals surface area contributed by atoms with Gasteiger partial charge >= 0.3 is 5.97 Å². The first kappa shape index (κ1) is 11.7. The monoisotopic (exact) mass is 239 g/mol. The number of nitriles is 1. The highest BCUT2D eigenvalue weighted by atomic mass is 16.5. The van der Waals surface area contributed by atoms with Gasteiger partial charge in [-0.15, -0.1) is 0 Å². The second kappa shape index (κ2) is 5.06. The summed E-state index contributed by atoms with van der Waals surface area (Å²) >= 11 is 0. The maximum Gasteiger partial charge on any atom is 0.338 e. The molecule has 0 saturated carbocycles. The molecule has 1 heterocycles. The highest BCUT2D eigenvalue weighted by Gasteiger charge is 2.15. The van der Waals surface area contributed by atoms with Crippen LogP contribution in [-0.2, 0) is 4.74 Å². The van der Waals surface area contributed by atoms with Crippen LogP contribution in [-0.4, -0.2) is 23.0 Å². The Morgan fingerprint density at radius 2 is 2.06 bits per heavy atom. The molecular weight excluding hydrogens is 230 g/mol. The van der Waals surface area contributed by atoms with E-state index in [2.05, 4.69) is 9.97 Å². The average molecular weight is 239 g/mol. The lowest BCUT2D eigenvalue weighted by atomic mass is 10.0. The number of benzene rings is 1. The maximum atomic E-state index is 11.7. The summed E-state index contributed by atoms with van der Waals surface area (Å²) in [6.07, 6.45) is 3.17. The van der Waals surface area contributed by atoms with Gasteiger partial charge in [-0.2, -0.15) is 5.26 Å². The molecule has 18 heavy (non-hydrogen) atoms. The van der Waals surface area contributed by atoms with Gasteiger partial charge in [-0.1, -0.05) is 0 Å². The van der Waals surface area contributed by atoms with Crippen molar-refractivity contribution in [3.05, 3.63) is 47.8 Å². The summed E-state index contributed by atoms with van der Waals surface area (Å²) < 4.78 is 4.69. The van der Waals surface area contributed by atoms with Gasteiger partial charge in [-0.05, 0) is 24.3 Å². The minimum absolute atomic E-state index is 0.280. The summed E-state index contributed by atoms with van der Waals surface area (Å²) in [6, 6.07) is 8.38. The number of aromatic nitrogens is 2. The first-order valence-electron chi connectivity index (χ1n) is 5.16. The summed E-state index contributed by atoms with van der Waals surface area (Å²) in [7, 11) is 1.29. The largest absolute Gasteiger partial charge is 0.465 e. The molecule has 0 aliphatic carbocycles. The van der Waals surface area contributed by atoms with Gasteiger partial charge in [0.15, 0.2) is 5.82 Å². The van der Waals surface area contributed by atoms with Crippen LogP contribution in [0.3, 0.4) is 0 Å². The number of rotatable bonds is 2. The van der Waals surface area contributed by atoms with Crippen LogP contribution in [0.25, 0.3) is 11.4 Å². The number of hydrogen-bond donors (Lipinski definition) is 0. The first-order valence-corrected chi connectivity index (χ1v) is 5.16. The molecule has 2 rings (SSSR count). The summed E-state index contributed by atoms with van der Waals surface area (Å²) in [5.41, 5.74) is 1.21. The van der Waals surface area contributed by atoms with E-state index in [0.29, 0.717) is 17.0 Å². The molecule has 5 nitrogen and oxygen atoms in total. The third-order valence-electron chi connectivity index (χ3n) is 2.36. The molecule has 88 valence electrons. The highest BCUT2D eigenvalue weighted by Crippen LogP contribution is 2.21. The molecule has 0 amide bonds. The lowest BCUT2D eigenvalue weighted by Gasteiger charge is -2.06. The Hall–Kier alpha value is -2.74. The molecule has 0 spiro atoms. The summed E-state index contributed by atoms with van der Waals surface area (Å²) in [5, 5.41) is 8.84. The topological polar surface area (TPSA) is 75.9 Å². The Balaban J connectivity index is 2.61. The zero-order valence-electron chi connectivity index (χ0n) is 9.62. The van der Waals surface area contributed by atoms with Crippen molar-refractivity contribution < 1.29 is 9.53 Å². The van der Waals surface area contributed by atoms with Gasteiger partial charge in [0.25, 0.3) is 0 Å². The predicted octanol–water partition coefficient (Wildman–Crippen LogP) is 1.80. The molecule has 0 saturated heterocycles. The lowest BCUT2D eigenvalue weighted by Crippen LogP contribution is -2.05. The fraction of sp³-hybridized carbons (Fsp3) is 0.0769. The predicted molar refractivity (Wildman–Crippen MR) is 63.5 cm³/mol. The number of ether oxygens (including phenoxy) is 1. The average Bonchev–Trinajstić information content (AvgIpc) is 2.46. The molecule has 2 aromatic rings. The third-order valence-corrected chi connectivity index (χ3v) is 2.36. The van der Waals surface area contributed by atoms with E-state index in [1.54, 1.807) is 30.6 Å². The second-order valence-electron chi connectivity index (χ2n) is 3.44. The molecule has 0 aliphatic heterocycles. The second-order valence-corrected chi connectivity index (χ2v) is 3.44. The van der Waals surface area contributed by atoms with Crippen LogP contribution in [0, 0.1) is 11.3 Å². The Morgan fingerprint density at radius 1 is 1.33 bits per heavy atom. The number of nitrogens with zero attached hydrogens (tertiary/aromatic N) is 3. The summed E-state index contributed by atoms with van der Waals surface area (Å²) in [6.45, 7) is 0. The van der Waals surface area contributed by atoms with Crippen molar-refractivity contribution in [2.24, 2.45) is 0 Å². The van der Waals surface area contributed by atoms with Gasteiger partial charge in [0, 0.05) is 18.0 Å². The number of carbonyl (C=O) groups is 1. The fourth-order valence-corrected chi connectivity index (χ4v) is 1.53. The molecule has 0 atom stereocenters. The number of hydrogen-bond acceptors (Lipinski definition) is 5. The molecule has 1 aromatic carbocycles. The van der Waals surface area contributed by atoms with Crippen molar-refractivity contribution in [1.82, 2.24) is 9.97 Å². The van der Waals surface area contributed by atoms with Crippen molar-refractivity contribution >= 4 is 5.97 Å². The summed E-state index contributed by atoms with van der Waals surface area (Å²) in [4.78, 5) is 19.8.